The van der Waals surface area contributed by atoms with Gasteiger partial charge in [-0.15, -0.1) is 11.3 Å². The lowest BCUT2D eigenvalue weighted by molar-refractivity contribution is 0.00192. The molecule has 1 amide bonds. The van der Waals surface area contributed by atoms with E-state index in [2.05, 4.69) is 36.2 Å². The number of aromatic nitrogens is 2. The Hall–Kier alpha value is -1.66. The predicted octanol–water partition coefficient (Wildman–Crippen LogP) is 3.48. The smallest absolute Gasteiger partial charge is 0.274 e. The van der Waals surface area contributed by atoms with E-state index < -0.39 is 0 Å². The average Bonchev–Trinajstić information content (AvgIpc) is 3.21. The standard InChI is InChI=1S/C17H23N3O2S/c1-3-9-22-13-5-4-8-20(11-13)17(21)15-10-14(18-19-15)16-7-6-12(2)23-16/h6-7,10,13H,3-5,8-9,11H2,1-2H3,(H,18,19). The summed E-state index contributed by atoms with van der Waals surface area (Å²) in [4.78, 5) is 16.9. The number of ether oxygens (including phenoxy) is 1. The van der Waals surface area contributed by atoms with Gasteiger partial charge < -0.3 is 9.64 Å². The van der Waals surface area contributed by atoms with Crippen LogP contribution >= 0.6 is 11.3 Å². The number of aromatic amines is 1. The first-order valence-corrected chi connectivity index (χ1v) is 9.02. The largest absolute Gasteiger partial charge is 0.376 e. The monoisotopic (exact) mass is 333 g/mol. The number of thiophene rings is 1. The van der Waals surface area contributed by atoms with Gasteiger partial charge in [-0.3, -0.25) is 9.89 Å². The highest BCUT2D eigenvalue weighted by Gasteiger charge is 2.26. The minimum absolute atomic E-state index is 0.00873. The Bertz CT molecular complexity index is 664. The minimum Gasteiger partial charge on any atom is -0.376 e. The van der Waals surface area contributed by atoms with Crippen molar-refractivity contribution >= 4 is 17.2 Å². The summed E-state index contributed by atoms with van der Waals surface area (Å²) in [6.07, 6.45) is 3.19. The number of H-pyrrole nitrogens is 1. The van der Waals surface area contributed by atoms with Gasteiger partial charge in [0, 0.05) is 24.6 Å². The average molecular weight is 333 g/mol. The number of carbonyl (C=O) groups excluding carboxylic acids is 1. The van der Waals surface area contributed by atoms with Gasteiger partial charge in [-0.05, 0) is 44.4 Å². The molecular weight excluding hydrogens is 310 g/mol. The van der Waals surface area contributed by atoms with Gasteiger partial charge in [-0.25, -0.2) is 0 Å². The number of nitrogens with one attached hydrogen (secondary N) is 1. The van der Waals surface area contributed by atoms with Crippen molar-refractivity contribution in [2.24, 2.45) is 0 Å². The van der Waals surface area contributed by atoms with E-state index in [1.807, 2.05) is 11.0 Å². The van der Waals surface area contributed by atoms with Crippen LogP contribution in [0.1, 0.15) is 41.6 Å². The molecule has 2 aromatic rings. The fourth-order valence-electron chi connectivity index (χ4n) is 2.84. The normalized spacial score (nSPS) is 18.3. The number of aryl methyl sites for hydroxylation is 1. The lowest BCUT2D eigenvalue weighted by Gasteiger charge is -2.32. The molecule has 5 nitrogen and oxygen atoms in total. The van der Waals surface area contributed by atoms with Crippen LogP contribution < -0.4 is 0 Å². The van der Waals surface area contributed by atoms with Crippen LogP contribution in [0.15, 0.2) is 18.2 Å². The van der Waals surface area contributed by atoms with Crippen LogP contribution in [-0.2, 0) is 4.74 Å². The molecule has 1 aliphatic heterocycles. The molecule has 1 unspecified atom stereocenters. The van der Waals surface area contributed by atoms with Crippen LogP contribution in [0.3, 0.4) is 0 Å². The number of carbonyl (C=O) groups is 1. The zero-order valence-corrected chi connectivity index (χ0v) is 14.5. The number of likely N-dealkylation sites (tertiary alicyclic amines) is 1. The lowest BCUT2D eigenvalue weighted by atomic mass is 10.1. The van der Waals surface area contributed by atoms with Crippen LogP contribution in [0, 0.1) is 6.92 Å². The zero-order valence-electron chi connectivity index (χ0n) is 13.7. The van der Waals surface area contributed by atoms with E-state index in [0.717, 1.165) is 43.0 Å². The van der Waals surface area contributed by atoms with E-state index in [1.54, 1.807) is 11.3 Å². The molecule has 23 heavy (non-hydrogen) atoms. The van der Waals surface area contributed by atoms with Gasteiger partial charge in [0.1, 0.15) is 0 Å². The zero-order chi connectivity index (χ0) is 16.2. The summed E-state index contributed by atoms with van der Waals surface area (Å²) in [7, 11) is 0. The van der Waals surface area contributed by atoms with E-state index in [0.29, 0.717) is 12.2 Å². The first-order valence-electron chi connectivity index (χ1n) is 8.20. The fraction of sp³-hybridized carbons (Fsp3) is 0.529. The SMILES string of the molecule is CCCOC1CCCN(C(=O)c2cc(-c3ccc(C)s3)[nH]n2)C1. The van der Waals surface area contributed by atoms with Gasteiger partial charge in [0.25, 0.3) is 5.91 Å². The molecule has 3 heterocycles. The summed E-state index contributed by atoms with van der Waals surface area (Å²) < 4.78 is 5.81. The Kier molecular flexibility index (Phi) is 5.13. The molecule has 2 aromatic heterocycles. The Morgan fingerprint density at radius 1 is 1.52 bits per heavy atom. The second kappa shape index (κ2) is 7.27. The molecule has 124 valence electrons. The molecule has 1 atom stereocenters. The van der Waals surface area contributed by atoms with Gasteiger partial charge in [-0.2, -0.15) is 5.10 Å². The molecule has 0 radical (unpaired) electrons. The maximum atomic E-state index is 12.7. The van der Waals surface area contributed by atoms with Crippen molar-refractivity contribution in [3.05, 3.63) is 28.8 Å². The van der Waals surface area contributed by atoms with Crippen molar-refractivity contribution in [2.45, 2.75) is 39.2 Å². The highest BCUT2D eigenvalue weighted by molar-refractivity contribution is 7.15. The molecule has 1 N–H and O–H groups in total. The third-order valence-electron chi connectivity index (χ3n) is 4.03. The molecule has 1 fully saturated rings. The second-order valence-corrected chi connectivity index (χ2v) is 7.25. The summed E-state index contributed by atoms with van der Waals surface area (Å²) in [5.41, 5.74) is 1.39. The first kappa shape index (κ1) is 16.2. The van der Waals surface area contributed by atoms with E-state index in [1.165, 1.54) is 4.88 Å². The fourth-order valence-corrected chi connectivity index (χ4v) is 3.68. The number of amides is 1. The Morgan fingerprint density at radius 3 is 3.13 bits per heavy atom. The van der Waals surface area contributed by atoms with Crippen molar-refractivity contribution in [3.63, 3.8) is 0 Å². The highest BCUT2D eigenvalue weighted by Crippen LogP contribution is 2.27. The third kappa shape index (κ3) is 3.82. The highest BCUT2D eigenvalue weighted by atomic mass is 32.1. The van der Waals surface area contributed by atoms with E-state index in [-0.39, 0.29) is 12.0 Å². The summed E-state index contributed by atoms with van der Waals surface area (Å²) >= 11 is 1.69. The molecule has 0 aliphatic carbocycles. The number of hydrogen-bond acceptors (Lipinski definition) is 4. The first-order chi connectivity index (χ1) is 11.2. The molecule has 3 rings (SSSR count). The van der Waals surface area contributed by atoms with Crippen LogP contribution in [-0.4, -0.2) is 46.8 Å². The van der Waals surface area contributed by atoms with Gasteiger partial charge in [0.05, 0.1) is 16.7 Å². The maximum absolute atomic E-state index is 12.7. The Labute approximate surface area is 140 Å². The molecule has 1 aliphatic rings. The lowest BCUT2D eigenvalue weighted by Crippen LogP contribution is -2.43. The molecule has 0 saturated carbocycles. The summed E-state index contributed by atoms with van der Waals surface area (Å²) in [6, 6.07) is 5.98. The van der Waals surface area contributed by atoms with Crippen molar-refractivity contribution in [2.75, 3.05) is 19.7 Å². The van der Waals surface area contributed by atoms with Crippen LogP contribution in [0.25, 0.3) is 10.6 Å². The summed E-state index contributed by atoms with van der Waals surface area (Å²) in [5, 5.41) is 7.20. The second-order valence-electron chi connectivity index (χ2n) is 5.96. The molecule has 0 aromatic carbocycles. The summed E-state index contributed by atoms with van der Waals surface area (Å²) in [5.74, 6) is -0.00873. The van der Waals surface area contributed by atoms with E-state index >= 15 is 0 Å². The van der Waals surface area contributed by atoms with Crippen molar-refractivity contribution < 1.29 is 9.53 Å². The number of rotatable bonds is 5. The maximum Gasteiger partial charge on any atom is 0.274 e. The Balaban J connectivity index is 1.67. The molecule has 0 bridgehead atoms. The topological polar surface area (TPSA) is 58.2 Å². The van der Waals surface area contributed by atoms with Crippen molar-refractivity contribution in [3.8, 4) is 10.6 Å². The summed E-state index contributed by atoms with van der Waals surface area (Å²) in [6.45, 7) is 6.38. The van der Waals surface area contributed by atoms with Crippen LogP contribution in [0.4, 0.5) is 0 Å². The van der Waals surface area contributed by atoms with E-state index in [9.17, 15) is 4.79 Å². The van der Waals surface area contributed by atoms with Crippen molar-refractivity contribution in [1.82, 2.24) is 15.1 Å². The van der Waals surface area contributed by atoms with Crippen LogP contribution in [0.2, 0.25) is 0 Å². The predicted molar refractivity (Wildman–Crippen MR) is 91.8 cm³/mol. The van der Waals surface area contributed by atoms with Gasteiger partial charge in [-0.1, -0.05) is 6.92 Å². The molecular formula is C17H23N3O2S. The van der Waals surface area contributed by atoms with Gasteiger partial charge >= 0.3 is 0 Å². The van der Waals surface area contributed by atoms with E-state index in [4.69, 9.17) is 4.74 Å². The molecule has 0 spiro atoms. The number of nitrogens with zero attached hydrogens (tertiary/aromatic N) is 2. The number of piperidine rings is 1. The quantitative estimate of drug-likeness (QED) is 0.911. The Morgan fingerprint density at radius 2 is 2.39 bits per heavy atom. The van der Waals surface area contributed by atoms with Gasteiger partial charge in [0.2, 0.25) is 0 Å². The molecule has 6 heteroatoms. The minimum atomic E-state index is -0.00873. The number of hydrogen-bond donors (Lipinski definition) is 1. The van der Waals surface area contributed by atoms with Crippen molar-refractivity contribution in [1.29, 1.82) is 0 Å². The third-order valence-corrected chi connectivity index (χ3v) is 5.06. The van der Waals surface area contributed by atoms with Gasteiger partial charge in [0.15, 0.2) is 5.69 Å². The molecule has 1 saturated heterocycles. The van der Waals surface area contributed by atoms with Crippen LogP contribution in [0.5, 0.6) is 0 Å².